The summed E-state index contributed by atoms with van der Waals surface area (Å²) in [5.74, 6) is -1.01. The first-order chi connectivity index (χ1) is 9.65. The van der Waals surface area contributed by atoms with E-state index in [9.17, 15) is 20.0 Å². The highest BCUT2D eigenvalue weighted by Gasteiger charge is 2.35. The molecule has 1 unspecified atom stereocenters. The molecule has 0 fully saturated rings. The molecular formula is C14H20N2O5. The smallest absolute Gasteiger partial charge is 0.327 e. The zero-order chi connectivity index (χ0) is 16.2. The van der Waals surface area contributed by atoms with Crippen LogP contribution in [-0.4, -0.2) is 34.2 Å². The first-order valence-corrected chi connectivity index (χ1v) is 6.54. The maximum absolute atomic E-state index is 11.4. The second-order valence-corrected chi connectivity index (χ2v) is 5.45. The Morgan fingerprint density at radius 1 is 1.52 bits per heavy atom. The predicted octanol–water partition coefficient (Wildman–Crippen LogP) is 2.12. The van der Waals surface area contributed by atoms with Crippen LogP contribution in [0.1, 0.15) is 26.3 Å². The van der Waals surface area contributed by atoms with Crippen molar-refractivity contribution in [1.82, 2.24) is 5.32 Å². The molecule has 0 amide bonds. The summed E-state index contributed by atoms with van der Waals surface area (Å²) in [6.07, 6.45) is 0. The summed E-state index contributed by atoms with van der Waals surface area (Å²) in [4.78, 5) is 21.8. The number of aliphatic carboxylic acids is 1. The Balaban J connectivity index is 2.98. The number of hydrogen-bond donors (Lipinski definition) is 2. The lowest BCUT2D eigenvalue weighted by Crippen LogP contribution is -2.56. The Hall–Kier alpha value is -2.15. The van der Waals surface area contributed by atoms with Crippen molar-refractivity contribution in [3.05, 3.63) is 33.9 Å². The van der Waals surface area contributed by atoms with Crippen molar-refractivity contribution in [1.29, 1.82) is 0 Å². The number of carbonyl (C=O) groups is 1. The molecule has 1 aromatic rings. The molecule has 0 bridgehead atoms. The van der Waals surface area contributed by atoms with Crippen LogP contribution in [0.15, 0.2) is 18.2 Å². The van der Waals surface area contributed by atoms with Gasteiger partial charge in [-0.3, -0.25) is 20.2 Å². The van der Waals surface area contributed by atoms with E-state index in [1.807, 2.05) is 13.8 Å². The number of carboxylic acid groups (broad SMARTS) is 1. The van der Waals surface area contributed by atoms with Crippen LogP contribution in [0.2, 0.25) is 0 Å². The molecule has 0 aliphatic heterocycles. The van der Waals surface area contributed by atoms with Crippen LogP contribution in [0.4, 0.5) is 5.69 Å². The van der Waals surface area contributed by atoms with Gasteiger partial charge in [0.25, 0.3) is 0 Å². The van der Waals surface area contributed by atoms with Gasteiger partial charge < -0.3 is 9.84 Å². The number of nitro benzene ring substituents is 1. The number of nitrogens with one attached hydrogen (secondary N) is 1. The van der Waals surface area contributed by atoms with Crippen LogP contribution < -0.4 is 10.1 Å². The molecule has 1 rings (SSSR count). The SMILES string of the molecule is Cc1ccc([N+](=O)[O-])c(OCC(C)(NC(C)C)C(=O)O)c1. The summed E-state index contributed by atoms with van der Waals surface area (Å²) in [6.45, 7) is 6.67. The summed E-state index contributed by atoms with van der Waals surface area (Å²) in [5.41, 5.74) is -0.714. The highest BCUT2D eigenvalue weighted by atomic mass is 16.6. The van der Waals surface area contributed by atoms with Crippen molar-refractivity contribution < 1.29 is 19.6 Å². The molecule has 0 aromatic heterocycles. The van der Waals surface area contributed by atoms with Gasteiger partial charge in [0, 0.05) is 12.1 Å². The van der Waals surface area contributed by atoms with Crippen LogP contribution in [0.25, 0.3) is 0 Å². The lowest BCUT2D eigenvalue weighted by atomic mass is 10.0. The Bertz CT molecular complexity index is 544. The fourth-order valence-corrected chi connectivity index (χ4v) is 1.91. The van der Waals surface area contributed by atoms with Gasteiger partial charge in [0.15, 0.2) is 5.75 Å². The van der Waals surface area contributed by atoms with Crippen LogP contribution in [0.3, 0.4) is 0 Å². The first kappa shape index (κ1) is 16.9. The standard InChI is InChI=1S/C14H20N2O5/c1-9(2)15-14(4,13(17)18)8-21-12-7-10(3)5-6-11(12)16(19)20/h5-7,9,15H,8H2,1-4H3,(H,17,18). The highest BCUT2D eigenvalue weighted by molar-refractivity contribution is 5.78. The summed E-state index contributed by atoms with van der Waals surface area (Å²) in [5, 5.41) is 23.2. The molecule has 0 saturated heterocycles. The summed E-state index contributed by atoms with van der Waals surface area (Å²) >= 11 is 0. The minimum atomic E-state index is -1.33. The number of rotatable bonds is 7. The maximum Gasteiger partial charge on any atom is 0.327 e. The van der Waals surface area contributed by atoms with Crippen molar-refractivity contribution in [3.63, 3.8) is 0 Å². The molecular weight excluding hydrogens is 276 g/mol. The number of benzene rings is 1. The van der Waals surface area contributed by atoms with E-state index >= 15 is 0 Å². The van der Waals surface area contributed by atoms with Crippen LogP contribution in [-0.2, 0) is 4.79 Å². The quantitative estimate of drug-likeness (QED) is 0.590. The van der Waals surface area contributed by atoms with E-state index in [-0.39, 0.29) is 24.1 Å². The molecule has 7 nitrogen and oxygen atoms in total. The predicted molar refractivity (Wildman–Crippen MR) is 77.6 cm³/mol. The van der Waals surface area contributed by atoms with E-state index < -0.39 is 16.4 Å². The normalized spacial score (nSPS) is 13.8. The fourth-order valence-electron chi connectivity index (χ4n) is 1.91. The summed E-state index contributed by atoms with van der Waals surface area (Å²) in [6, 6.07) is 4.41. The lowest BCUT2D eigenvalue weighted by Gasteiger charge is -2.28. The zero-order valence-electron chi connectivity index (χ0n) is 12.5. The number of ether oxygens (including phenoxy) is 1. The number of nitro groups is 1. The van der Waals surface area contributed by atoms with Gasteiger partial charge in [0.1, 0.15) is 12.1 Å². The van der Waals surface area contributed by atoms with Gasteiger partial charge in [-0.1, -0.05) is 6.07 Å². The second kappa shape index (κ2) is 6.53. The van der Waals surface area contributed by atoms with E-state index in [0.717, 1.165) is 5.56 Å². The van der Waals surface area contributed by atoms with E-state index in [0.29, 0.717) is 0 Å². The van der Waals surface area contributed by atoms with Crippen molar-refractivity contribution in [2.45, 2.75) is 39.3 Å². The number of aryl methyl sites for hydroxylation is 1. The molecule has 1 atom stereocenters. The monoisotopic (exact) mass is 296 g/mol. The Morgan fingerprint density at radius 2 is 2.14 bits per heavy atom. The molecule has 0 aliphatic rings. The van der Waals surface area contributed by atoms with E-state index in [2.05, 4.69) is 5.32 Å². The Morgan fingerprint density at radius 3 is 2.62 bits per heavy atom. The van der Waals surface area contributed by atoms with Crippen LogP contribution in [0, 0.1) is 17.0 Å². The molecule has 2 N–H and O–H groups in total. The van der Waals surface area contributed by atoms with Crippen molar-refractivity contribution in [2.24, 2.45) is 0 Å². The molecule has 1 aromatic carbocycles. The summed E-state index contributed by atoms with van der Waals surface area (Å²) in [7, 11) is 0. The average Bonchev–Trinajstić information content (AvgIpc) is 2.35. The first-order valence-electron chi connectivity index (χ1n) is 6.54. The lowest BCUT2D eigenvalue weighted by molar-refractivity contribution is -0.385. The molecule has 0 saturated carbocycles. The highest BCUT2D eigenvalue weighted by Crippen LogP contribution is 2.28. The zero-order valence-corrected chi connectivity index (χ0v) is 12.5. The van der Waals surface area contributed by atoms with Crippen molar-refractivity contribution in [2.75, 3.05) is 6.61 Å². The van der Waals surface area contributed by atoms with Crippen LogP contribution in [0.5, 0.6) is 5.75 Å². The fraction of sp³-hybridized carbons (Fsp3) is 0.500. The topological polar surface area (TPSA) is 102 Å². The van der Waals surface area contributed by atoms with Gasteiger partial charge in [-0.15, -0.1) is 0 Å². The average molecular weight is 296 g/mol. The molecule has 0 radical (unpaired) electrons. The molecule has 0 heterocycles. The number of nitrogens with zero attached hydrogens (tertiary/aromatic N) is 1. The Kier molecular flexibility index (Phi) is 5.26. The number of hydrogen-bond acceptors (Lipinski definition) is 5. The molecule has 7 heteroatoms. The number of carboxylic acids is 1. The minimum absolute atomic E-state index is 0.0674. The van der Waals surface area contributed by atoms with Gasteiger partial charge in [0.05, 0.1) is 4.92 Å². The van der Waals surface area contributed by atoms with Gasteiger partial charge >= 0.3 is 11.7 Å². The molecule has 0 aliphatic carbocycles. The maximum atomic E-state index is 11.4. The van der Waals surface area contributed by atoms with E-state index in [1.165, 1.54) is 19.1 Å². The third kappa shape index (κ3) is 4.42. The molecule has 116 valence electrons. The minimum Gasteiger partial charge on any atom is -0.484 e. The largest absolute Gasteiger partial charge is 0.484 e. The van der Waals surface area contributed by atoms with Gasteiger partial charge in [-0.2, -0.15) is 0 Å². The third-order valence-corrected chi connectivity index (χ3v) is 2.91. The van der Waals surface area contributed by atoms with Gasteiger partial charge in [-0.25, -0.2) is 0 Å². The van der Waals surface area contributed by atoms with E-state index in [1.54, 1.807) is 13.0 Å². The van der Waals surface area contributed by atoms with Crippen molar-refractivity contribution in [3.8, 4) is 5.75 Å². The Labute approximate surface area is 123 Å². The van der Waals surface area contributed by atoms with Crippen LogP contribution >= 0.6 is 0 Å². The van der Waals surface area contributed by atoms with E-state index in [4.69, 9.17) is 4.74 Å². The molecule has 21 heavy (non-hydrogen) atoms. The summed E-state index contributed by atoms with van der Waals surface area (Å²) < 4.78 is 5.42. The second-order valence-electron chi connectivity index (χ2n) is 5.45. The van der Waals surface area contributed by atoms with Gasteiger partial charge in [0.2, 0.25) is 0 Å². The van der Waals surface area contributed by atoms with Gasteiger partial charge in [-0.05, 0) is 39.3 Å². The third-order valence-electron chi connectivity index (χ3n) is 2.91. The van der Waals surface area contributed by atoms with Crippen molar-refractivity contribution >= 4 is 11.7 Å². The molecule has 0 spiro atoms.